The predicted molar refractivity (Wildman–Crippen MR) is 164 cm³/mol. The standard InChI is InChI=1S/2C19H15.Ba/c2*1-4-10-16(11-5-1)19(17-12-6-2-7-13-17)18-14-8-3-9-15-18;/h2*1-15H;. The molecule has 0 unspecified atom stereocenters. The average molecular weight is 624 g/mol. The Morgan fingerprint density at radius 3 is 0.538 bits per heavy atom. The summed E-state index contributed by atoms with van der Waals surface area (Å²) in [7, 11) is 0. The molecule has 0 amide bonds. The van der Waals surface area contributed by atoms with E-state index in [4.69, 9.17) is 0 Å². The van der Waals surface area contributed by atoms with Crippen molar-refractivity contribution in [1.29, 1.82) is 0 Å². The van der Waals surface area contributed by atoms with Crippen LogP contribution in [0.2, 0.25) is 0 Å². The van der Waals surface area contributed by atoms with Gasteiger partial charge < -0.3 is 0 Å². The Kier molecular flexibility index (Phi) is 8.01. The Morgan fingerprint density at radius 2 is 0.385 bits per heavy atom. The van der Waals surface area contributed by atoms with Gasteiger partial charge in [-0.15, -0.1) is 0 Å². The van der Waals surface area contributed by atoms with E-state index in [-0.39, 0.29) is -0.234 Å². The summed E-state index contributed by atoms with van der Waals surface area (Å²) in [5, 5.41) is 0. The quantitative estimate of drug-likeness (QED) is 0.118. The molecular formula is C38H30Ba. The summed E-state index contributed by atoms with van der Waals surface area (Å²) < 4.78 is -0.406. The summed E-state index contributed by atoms with van der Waals surface area (Å²) in [5.74, 6) is 0. The van der Waals surface area contributed by atoms with Crippen LogP contribution in [0.3, 0.4) is 0 Å². The van der Waals surface area contributed by atoms with E-state index >= 15 is 0 Å². The van der Waals surface area contributed by atoms with Crippen LogP contribution in [-0.4, -0.2) is 44.2 Å². The van der Waals surface area contributed by atoms with Crippen LogP contribution in [0.25, 0.3) is 0 Å². The maximum absolute atomic E-state index is 2.35. The molecule has 6 rings (SSSR count). The molecular weight excluding hydrogens is 594 g/mol. The van der Waals surface area contributed by atoms with Gasteiger partial charge in [-0.1, -0.05) is 0 Å². The monoisotopic (exact) mass is 624 g/mol. The third-order valence-electron chi connectivity index (χ3n) is 8.13. The molecule has 6 aromatic rings. The van der Waals surface area contributed by atoms with Gasteiger partial charge in [-0.25, -0.2) is 0 Å². The van der Waals surface area contributed by atoms with Crippen LogP contribution in [-0.2, 0) is -0.234 Å². The topological polar surface area (TPSA) is 0 Å². The van der Waals surface area contributed by atoms with Crippen molar-refractivity contribution in [1.82, 2.24) is 0 Å². The second-order valence-electron chi connectivity index (χ2n) is 10.2. The first-order valence-electron chi connectivity index (χ1n) is 13.7. The minimum absolute atomic E-state index is 0.203. The van der Waals surface area contributed by atoms with Gasteiger partial charge in [0.05, 0.1) is 0 Å². The number of hydrogen-bond acceptors (Lipinski definition) is 0. The van der Waals surface area contributed by atoms with Crippen LogP contribution in [0.15, 0.2) is 182 Å². The van der Waals surface area contributed by atoms with E-state index < -0.39 is 44.2 Å². The number of hydrogen-bond donors (Lipinski definition) is 0. The summed E-state index contributed by atoms with van der Waals surface area (Å²) >= 11 is -2.35. The summed E-state index contributed by atoms with van der Waals surface area (Å²) in [6.45, 7) is 0. The molecule has 0 radical (unpaired) electrons. The molecule has 0 aliphatic heterocycles. The van der Waals surface area contributed by atoms with Crippen LogP contribution in [0, 0.1) is 0 Å². The Balaban J connectivity index is 1.76. The van der Waals surface area contributed by atoms with Gasteiger partial charge in [0.25, 0.3) is 0 Å². The van der Waals surface area contributed by atoms with Crippen molar-refractivity contribution in [3.63, 3.8) is 0 Å². The van der Waals surface area contributed by atoms with Crippen LogP contribution < -0.4 is 0 Å². The van der Waals surface area contributed by atoms with Gasteiger partial charge in [0.1, 0.15) is 0 Å². The van der Waals surface area contributed by atoms with Crippen molar-refractivity contribution in [3.05, 3.63) is 215 Å². The van der Waals surface area contributed by atoms with Gasteiger partial charge in [-0.05, 0) is 0 Å². The van der Waals surface area contributed by atoms with E-state index in [0.717, 1.165) is 0 Å². The Bertz CT molecular complexity index is 1260. The fourth-order valence-electron chi connectivity index (χ4n) is 6.35. The zero-order chi connectivity index (χ0) is 26.4. The third kappa shape index (κ3) is 5.00. The molecule has 6 aromatic carbocycles. The second-order valence-corrected chi connectivity index (χ2v) is 18.0. The Hall–Kier alpha value is -3.11. The fourth-order valence-corrected chi connectivity index (χ4v) is 17.1. The molecule has 184 valence electrons. The van der Waals surface area contributed by atoms with Crippen molar-refractivity contribution in [2.45, 2.75) is -0.234 Å². The second kappa shape index (κ2) is 12.0. The molecule has 0 nitrogen and oxygen atoms in total. The predicted octanol–water partition coefficient (Wildman–Crippen LogP) is 8.67. The maximum atomic E-state index is 2.35. The summed E-state index contributed by atoms with van der Waals surface area (Å²) in [6, 6.07) is 67.6. The van der Waals surface area contributed by atoms with Gasteiger partial charge in [0, 0.05) is 0 Å². The zero-order valence-electron chi connectivity index (χ0n) is 22.0. The van der Waals surface area contributed by atoms with Crippen molar-refractivity contribution >= 4 is 44.2 Å². The third-order valence-corrected chi connectivity index (χ3v) is 19.2. The van der Waals surface area contributed by atoms with E-state index in [9.17, 15) is 0 Å². The molecule has 1 heteroatoms. The normalized spacial score (nSPS) is 11.5. The molecule has 0 aromatic heterocycles. The molecule has 39 heavy (non-hydrogen) atoms. The van der Waals surface area contributed by atoms with Gasteiger partial charge in [0.2, 0.25) is 0 Å². The first-order valence-corrected chi connectivity index (χ1v) is 18.1. The Labute approximate surface area is 256 Å². The van der Waals surface area contributed by atoms with Gasteiger partial charge >= 0.3 is 259 Å². The molecule has 0 bridgehead atoms. The summed E-state index contributed by atoms with van der Waals surface area (Å²) in [4.78, 5) is 0. The molecule has 0 heterocycles. The van der Waals surface area contributed by atoms with Gasteiger partial charge in [-0.3, -0.25) is 0 Å². The molecule has 0 saturated heterocycles. The van der Waals surface area contributed by atoms with Crippen LogP contribution in [0.1, 0.15) is 33.4 Å². The van der Waals surface area contributed by atoms with Gasteiger partial charge in [-0.2, -0.15) is 0 Å². The molecule has 0 fully saturated rings. The molecule has 0 aliphatic carbocycles. The molecule has 0 spiro atoms. The first-order chi connectivity index (χ1) is 19.3. The fraction of sp³-hybridized carbons (Fsp3) is 0.0526. The Morgan fingerprint density at radius 1 is 0.231 bits per heavy atom. The van der Waals surface area contributed by atoms with Crippen LogP contribution in [0.4, 0.5) is 0 Å². The molecule has 0 saturated carbocycles. The number of rotatable bonds is 8. The van der Waals surface area contributed by atoms with Crippen molar-refractivity contribution in [2.75, 3.05) is 0 Å². The molecule has 0 N–H and O–H groups in total. The van der Waals surface area contributed by atoms with Crippen LogP contribution >= 0.6 is 0 Å². The number of benzene rings is 6. The van der Waals surface area contributed by atoms with Crippen molar-refractivity contribution in [3.8, 4) is 0 Å². The first kappa shape index (κ1) is 26.1. The van der Waals surface area contributed by atoms with E-state index in [0.29, 0.717) is 0 Å². The summed E-state index contributed by atoms with van der Waals surface area (Å²) in [5.41, 5.74) is 8.31. The molecule has 0 aliphatic rings. The molecule has 0 atom stereocenters. The zero-order valence-corrected chi connectivity index (χ0v) is 26.5. The van der Waals surface area contributed by atoms with Crippen molar-refractivity contribution < 1.29 is 0 Å². The minimum atomic E-state index is -2.35. The SMILES string of the molecule is c1ccc([C]([Ba][C](c2ccccc2)(c2ccccc2)c2ccccc2)(c2ccccc2)c2ccccc2)cc1. The van der Waals surface area contributed by atoms with E-state index in [1.165, 1.54) is 33.4 Å². The van der Waals surface area contributed by atoms with E-state index in [1.54, 1.807) is 0 Å². The average Bonchev–Trinajstić information content (AvgIpc) is 3.04. The van der Waals surface area contributed by atoms with Crippen molar-refractivity contribution in [2.24, 2.45) is 0 Å². The summed E-state index contributed by atoms with van der Waals surface area (Å²) in [6.07, 6.45) is 0. The van der Waals surface area contributed by atoms with E-state index in [2.05, 4.69) is 182 Å². The van der Waals surface area contributed by atoms with Gasteiger partial charge in [0.15, 0.2) is 0 Å². The van der Waals surface area contributed by atoms with E-state index in [1.807, 2.05) is 0 Å². The van der Waals surface area contributed by atoms with Crippen LogP contribution in [0.5, 0.6) is 0 Å².